The van der Waals surface area contributed by atoms with Gasteiger partial charge in [-0.15, -0.1) is 0 Å². The first-order valence-corrected chi connectivity index (χ1v) is 5.66. The molecule has 0 aromatic heterocycles. The van der Waals surface area contributed by atoms with E-state index in [0.717, 1.165) is 12.5 Å². The zero-order valence-corrected chi connectivity index (χ0v) is 10.0. The Balaban J connectivity index is 2.72. The minimum absolute atomic E-state index is 0.0723. The van der Waals surface area contributed by atoms with Crippen LogP contribution < -0.4 is 5.32 Å². The van der Waals surface area contributed by atoms with E-state index in [2.05, 4.69) is 11.4 Å². The highest BCUT2D eigenvalue weighted by atomic mass is 19.2. The van der Waals surface area contributed by atoms with Crippen LogP contribution in [0.4, 0.5) is 8.78 Å². The standard InChI is InChI=1S/C13H16F2N2/c1-3-11(6-7-16)17-9(2)10-4-5-12(14)13(15)8-10/h4-5,8-9,11,17H,3,6H2,1-2H3. The molecule has 1 aromatic carbocycles. The van der Waals surface area contributed by atoms with Gasteiger partial charge in [-0.05, 0) is 31.0 Å². The molecule has 2 nitrogen and oxygen atoms in total. The van der Waals surface area contributed by atoms with E-state index in [4.69, 9.17) is 5.26 Å². The summed E-state index contributed by atoms with van der Waals surface area (Å²) in [6, 6.07) is 5.92. The summed E-state index contributed by atoms with van der Waals surface area (Å²) in [6.45, 7) is 3.85. The molecule has 0 saturated heterocycles. The van der Waals surface area contributed by atoms with Gasteiger partial charge >= 0.3 is 0 Å². The first-order valence-electron chi connectivity index (χ1n) is 5.66. The molecule has 1 N–H and O–H groups in total. The van der Waals surface area contributed by atoms with E-state index < -0.39 is 11.6 Å². The van der Waals surface area contributed by atoms with Crippen LogP contribution in [0.25, 0.3) is 0 Å². The lowest BCUT2D eigenvalue weighted by Gasteiger charge is -2.20. The van der Waals surface area contributed by atoms with Crippen molar-refractivity contribution in [2.45, 2.75) is 38.8 Å². The van der Waals surface area contributed by atoms with Gasteiger partial charge < -0.3 is 5.32 Å². The zero-order valence-electron chi connectivity index (χ0n) is 10.0. The summed E-state index contributed by atoms with van der Waals surface area (Å²) >= 11 is 0. The highest BCUT2D eigenvalue weighted by Crippen LogP contribution is 2.17. The Labute approximate surface area is 100 Å². The molecule has 0 bridgehead atoms. The first-order chi connectivity index (χ1) is 8.08. The molecule has 0 heterocycles. The van der Waals surface area contributed by atoms with Crippen molar-refractivity contribution in [2.24, 2.45) is 0 Å². The second-order valence-corrected chi connectivity index (χ2v) is 4.03. The maximum Gasteiger partial charge on any atom is 0.159 e. The molecule has 0 amide bonds. The monoisotopic (exact) mass is 238 g/mol. The van der Waals surface area contributed by atoms with Crippen LogP contribution in [0, 0.1) is 23.0 Å². The lowest BCUT2D eigenvalue weighted by molar-refractivity contribution is 0.443. The molecule has 0 fully saturated rings. The van der Waals surface area contributed by atoms with Gasteiger partial charge in [-0.3, -0.25) is 0 Å². The van der Waals surface area contributed by atoms with Crippen LogP contribution in [-0.2, 0) is 0 Å². The van der Waals surface area contributed by atoms with Crippen molar-refractivity contribution in [2.75, 3.05) is 0 Å². The average Bonchev–Trinajstić information content (AvgIpc) is 2.31. The molecule has 0 aliphatic heterocycles. The van der Waals surface area contributed by atoms with E-state index in [0.29, 0.717) is 12.0 Å². The SMILES string of the molecule is CCC(CC#N)NC(C)c1ccc(F)c(F)c1. The zero-order chi connectivity index (χ0) is 12.8. The highest BCUT2D eigenvalue weighted by Gasteiger charge is 2.13. The number of benzene rings is 1. The van der Waals surface area contributed by atoms with E-state index in [-0.39, 0.29) is 12.1 Å². The van der Waals surface area contributed by atoms with Crippen molar-refractivity contribution < 1.29 is 8.78 Å². The number of nitriles is 1. The summed E-state index contributed by atoms with van der Waals surface area (Å²) in [4.78, 5) is 0. The molecule has 0 aliphatic carbocycles. The molecule has 0 saturated carbocycles. The predicted octanol–water partition coefficient (Wildman–Crippen LogP) is 3.31. The smallest absolute Gasteiger partial charge is 0.159 e. The maximum absolute atomic E-state index is 13.1. The summed E-state index contributed by atoms with van der Waals surface area (Å²) in [6.07, 6.45) is 1.23. The third-order valence-electron chi connectivity index (χ3n) is 2.76. The van der Waals surface area contributed by atoms with E-state index in [1.54, 1.807) is 6.07 Å². The Morgan fingerprint density at radius 2 is 2.06 bits per heavy atom. The second kappa shape index (κ2) is 6.31. The largest absolute Gasteiger partial charge is 0.306 e. The fourth-order valence-electron chi connectivity index (χ4n) is 1.66. The van der Waals surface area contributed by atoms with Crippen LogP contribution in [0.3, 0.4) is 0 Å². The van der Waals surface area contributed by atoms with Crippen molar-refractivity contribution in [3.8, 4) is 6.07 Å². The normalized spacial score (nSPS) is 14.1. The number of rotatable bonds is 5. The van der Waals surface area contributed by atoms with Crippen molar-refractivity contribution >= 4 is 0 Å². The van der Waals surface area contributed by atoms with E-state index in [9.17, 15) is 8.78 Å². The summed E-state index contributed by atoms with van der Waals surface area (Å²) in [5.74, 6) is -1.69. The van der Waals surface area contributed by atoms with Crippen LogP contribution in [-0.4, -0.2) is 6.04 Å². The first kappa shape index (κ1) is 13.6. The number of halogens is 2. The topological polar surface area (TPSA) is 35.8 Å². The molecule has 4 heteroatoms. The molecule has 1 rings (SSSR count). The molecule has 92 valence electrons. The van der Waals surface area contributed by atoms with Crippen molar-refractivity contribution in [1.29, 1.82) is 5.26 Å². The number of hydrogen-bond acceptors (Lipinski definition) is 2. The van der Waals surface area contributed by atoms with Gasteiger partial charge in [0.05, 0.1) is 12.5 Å². The number of hydrogen-bond donors (Lipinski definition) is 1. The van der Waals surface area contributed by atoms with Gasteiger partial charge in [0.25, 0.3) is 0 Å². The minimum Gasteiger partial charge on any atom is -0.306 e. The lowest BCUT2D eigenvalue weighted by Crippen LogP contribution is -2.30. The van der Waals surface area contributed by atoms with Crippen LogP contribution in [0.15, 0.2) is 18.2 Å². The molecule has 2 unspecified atom stereocenters. The van der Waals surface area contributed by atoms with Crippen LogP contribution in [0.1, 0.15) is 38.3 Å². The third kappa shape index (κ3) is 3.79. The minimum atomic E-state index is -0.843. The van der Waals surface area contributed by atoms with Crippen molar-refractivity contribution in [1.82, 2.24) is 5.32 Å². The Hall–Kier alpha value is -1.47. The Bertz CT molecular complexity index is 412. The highest BCUT2D eigenvalue weighted by molar-refractivity contribution is 5.20. The van der Waals surface area contributed by atoms with Gasteiger partial charge in [0.1, 0.15) is 0 Å². The van der Waals surface area contributed by atoms with Crippen LogP contribution in [0.5, 0.6) is 0 Å². The lowest BCUT2D eigenvalue weighted by atomic mass is 10.1. The van der Waals surface area contributed by atoms with Crippen LogP contribution >= 0.6 is 0 Å². The van der Waals surface area contributed by atoms with Gasteiger partial charge in [0.15, 0.2) is 11.6 Å². The fraction of sp³-hybridized carbons (Fsp3) is 0.462. The third-order valence-corrected chi connectivity index (χ3v) is 2.76. The molecule has 0 radical (unpaired) electrons. The molecule has 0 aliphatic rings. The summed E-state index contributed by atoms with van der Waals surface area (Å²) in [5.41, 5.74) is 0.681. The van der Waals surface area contributed by atoms with E-state index in [1.807, 2.05) is 13.8 Å². The summed E-state index contributed by atoms with van der Waals surface area (Å²) in [5, 5.41) is 11.9. The quantitative estimate of drug-likeness (QED) is 0.854. The number of nitrogens with zero attached hydrogens (tertiary/aromatic N) is 1. The molecular formula is C13H16F2N2. The van der Waals surface area contributed by atoms with Gasteiger partial charge in [-0.2, -0.15) is 5.26 Å². The molecule has 1 aromatic rings. The molecular weight excluding hydrogens is 222 g/mol. The number of nitrogens with one attached hydrogen (secondary N) is 1. The van der Waals surface area contributed by atoms with Gasteiger partial charge in [-0.1, -0.05) is 13.0 Å². The van der Waals surface area contributed by atoms with E-state index >= 15 is 0 Å². The van der Waals surface area contributed by atoms with Crippen molar-refractivity contribution in [3.63, 3.8) is 0 Å². The van der Waals surface area contributed by atoms with Gasteiger partial charge in [0, 0.05) is 12.1 Å². The maximum atomic E-state index is 13.1. The van der Waals surface area contributed by atoms with Crippen molar-refractivity contribution in [3.05, 3.63) is 35.4 Å². The van der Waals surface area contributed by atoms with Crippen LogP contribution in [0.2, 0.25) is 0 Å². The second-order valence-electron chi connectivity index (χ2n) is 4.03. The molecule has 2 atom stereocenters. The Kier molecular flexibility index (Phi) is 5.05. The average molecular weight is 238 g/mol. The fourth-order valence-corrected chi connectivity index (χ4v) is 1.66. The molecule has 17 heavy (non-hydrogen) atoms. The Morgan fingerprint density at radius 3 is 2.59 bits per heavy atom. The van der Waals surface area contributed by atoms with Gasteiger partial charge in [-0.25, -0.2) is 8.78 Å². The predicted molar refractivity (Wildman–Crippen MR) is 62.2 cm³/mol. The molecule has 0 spiro atoms. The Morgan fingerprint density at radius 1 is 1.35 bits per heavy atom. The summed E-state index contributed by atoms with van der Waals surface area (Å²) < 4.78 is 25.8. The summed E-state index contributed by atoms with van der Waals surface area (Å²) in [7, 11) is 0. The van der Waals surface area contributed by atoms with E-state index in [1.165, 1.54) is 6.07 Å². The van der Waals surface area contributed by atoms with Gasteiger partial charge in [0.2, 0.25) is 0 Å².